The average Bonchev–Trinajstić information content (AvgIpc) is 2.87. The molecule has 0 spiro atoms. The first-order valence-electron chi connectivity index (χ1n) is 6.74. The van der Waals surface area contributed by atoms with Crippen LogP contribution in [-0.4, -0.2) is 10.9 Å². The SMILES string of the molecule is Cc1coc2ccc(C(=O)/C=C/c3cccc(Br)c3)c(O)c12. The molecule has 1 N–H and O–H groups in total. The van der Waals surface area contributed by atoms with Gasteiger partial charge in [0, 0.05) is 4.47 Å². The van der Waals surface area contributed by atoms with Crippen LogP contribution in [0.3, 0.4) is 0 Å². The Kier molecular flexibility index (Phi) is 3.86. The van der Waals surface area contributed by atoms with Gasteiger partial charge in [0.25, 0.3) is 0 Å². The number of allylic oxidation sites excluding steroid dienone is 1. The topological polar surface area (TPSA) is 50.4 Å². The van der Waals surface area contributed by atoms with Gasteiger partial charge in [-0.3, -0.25) is 4.79 Å². The highest BCUT2D eigenvalue weighted by atomic mass is 79.9. The molecule has 4 heteroatoms. The fourth-order valence-corrected chi connectivity index (χ4v) is 2.75. The van der Waals surface area contributed by atoms with E-state index in [0.29, 0.717) is 11.0 Å². The number of halogens is 1. The molecule has 0 saturated carbocycles. The molecule has 0 saturated heterocycles. The fraction of sp³-hybridized carbons (Fsp3) is 0.0556. The van der Waals surface area contributed by atoms with Crippen molar-refractivity contribution in [1.29, 1.82) is 0 Å². The van der Waals surface area contributed by atoms with Gasteiger partial charge in [-0.15, -0.1) is 0 Å². The van der Waals surface area contributed by atoms with Crippen molar-refractivity contribution in [2.45, 2.75) is 6.92 Å². The van der Waals surface area contributed by atoms with E-state index in [9.17, 15) is 9.90 Å². The first kappa shape index (κ1) is 14.6. The van der Waals surface area contributed by atoms with E-state index in [1.165, 1.54) is 6.08 Å². The Hall–Kier alpha value is -2.33. The van der Waals surface area contributed by atoms with Crippen LogP contribution in [0.4, 0.5) is 0 Å². The predicted molar refractivity (Wildman–Crippen MR) is 90.1 cm³/mol. The second-order valence-electron chi connectivity index (χ2n) is 5.01. The number of rotatable bonds is 3. The Labute approximate surface area is 136 Å². The predicted octanol–water partition coefficient (Wildman–Crippen LogP) is 5.11. The number of furan rings is 1. The summed E-state index contributed by atoms with van der Waals surface area (Å²) in [5, 5.41) is 10.9. The van der Waals surface area contributed by atoms with Crippen molar-refractivity contribution < 1.29 is 14.3 Å². The molecule has 1 aromatic heterocycles. The molecular weight excluding hydrogens is 344 g/mol. The Balaban J connectivity index is 1.95. The number of aromatic hydroxyl groups is 1. The molecule has 0 aliphatic carbocycles. The number of aryl methyl sites for hydroxylation is 1. The van der Waals surface area contributed by atoms with Gasteiger partial charge < -0.3 is 9.52 Å². The zero-order chi connectivity index (χ0) is 15.7. The third kappa shape index (κ3) is 2.70. The molecule has 3 rings (SSSR count). The summed E-state index contributed by atoms with van der Waals surface area (Å²) >= 11 is 3.39. The number of phenolic OH excluding ortho intramolecular Hbond substituents is 1. The van der Waals surface area contributed by atoms with Crippen molar-refractivity contribution in [2.75, 3.05) is 0 Å². The van der Waals surface area contributed by atoms with E-state index in [0.717, 1.165) is 15.6 Å². The van der Waals surface area contributed by atoms with Crippen molar-refractivity contribution in [1.82, 2.24) is 0 Å². The van der Waals surface area contributed by atoms with E-state index in [1.54, 1.807) is 24.5 Å². The van der Waals surface area contributed by atoms with Gasteiger partial charge in [-0.1, -0.05) is 34.1 Å². The first-order valence-corrected chi connectivity index (χ1v) is 7.53. The molecule has 3 aromatic rings. The van der Waals surface area contributed by atoms with Gasteiger partial charge in [-0.2, -0.15) is 0 Å². The number of phenols is 1. The summed E-state index contributed by atoms with van der Waals surface area (Å²) in [4.78, 5) is 12.3. The van der Waals surface area contributed by atoms with Crippen LogP contribution in [0.25, 0.3) is 17.0 Å². The lowest BCUT2D eigenvalue weighted by atomic mass is 10.0. The maximum Gasteiger partial charge on any atom is 0.189 e. The van der Waals surface area contributed by atoms with E-state index in [4.69, 9.17) is 4.42 Å². The summed E-state index contributed by atoms with van der Waals surface area (Å²) < 4.78 is 6.26. The van der Waals surface area contributed by atoms with Crippen molar-refractivity contribution in [3.05, 3.63) is 69.9 Å². The molecule has 0 aliphatic heterocycles. The van der Waals surface area contributed by atoms with Crippen molar-refractivity contribution in [3.63, 3.8) is 0 Å². The van der Waals surface area contributed by atoms with Crippen LogP contribution < -0.4 is 0 Å². The Morgan fingerprint density at radius 1 is 1.27 bits per heavy atom. The lowest BCUT2D eigenvalue weighted by Gasteiger charge is -2.02. The van der Waals surface area contributed by atoms with E-state index in [-0.39, 0.29) is 17.1 Å². The highest BCUT2D eigenvalue weighted by Crippen LogP contribution is 2.33. The normalized spacial score (nSPS) is 11.4. The van der Waals surface area contributed by atoms with Gasteiger partial charge in [0.15, 0.2) is 5.78 Å². The summed E-state index contributed by atoms with van der Waals surface area (Å²) in [5.74, 6) is -0.285. The molecule has 2 aromatic carbocycles. The smallest absolute Gasteiger partial charge is 0.189 e. The van der Waals surface area contributed by atoms with Crippen LogP contribution in [0, 0.1) is 6.92 Å². The maximum absolute atomic E-state index is 12.3. The minimum Gasteiger partial charge on any atom is -0.506 e. The molecule has 22 heavy (non-hydrogen) atoms. The minimum absolute atomic E-state index is 0.0346. The van der Waals surface area contributed by atoms with Crippen LogP contribution in [-0.2, 0) is 0 Å². The number of ketones is 1. The summed E-state index contributed by atoms with van der Waals surface area (Å²) in [6.45, 7) is 1.83. The van der Waals surface area contributed by atoms with Crippen LogP contribution in [0.2, 0.25) is 0 Å². The third-order valence-electron chi connectivity index (χ3n) is 3.44. The van der Waals surface area contributed by atoms with Gasteiger partial charge >= 0.3 is 0 Å². The highest BCUT2D eigenvalue weighted by molar-refractivity contribution is 9.10. The third-order valence-corrected chi connectivity index (χ3v) is 3.93. The minimum atomic E-state index is -0.250. The van der Waals surface area contributed by atoms with E-state index < -0.39 is 0 Å². The average molecular weight is 357 g/mol. The van der Waals surface area contributed by atoms with Crippen LogP contribution in [0.5, 0.6) is 5.75 Å². The van der Waals surface area contributed by atoms with Gasteiger partial charge in [0.2, 0.25) is 0 Å². The summed E-state index contributed by atoms with van der Waals surface area (Å²) in [7, 11) is 0. The second kappa shape index (κ2) is 5.81. The van der Waals surface area contributed by atoms with Gasteiger partial charge in [-0.25, -0.2) is 0 Å². The van der Waals surface area contributed by atoms with Gasteiger partial charge in [-0.05, 0) is 48.4 Å². The number of benzene rings is 2. The standard InChI is InChI=1S/C18H13BrO3/c1-11-10-22-16-8-6-14(18(21)17(11)16)15(20)7-5-12-3-2-4-13(19)9-12/h2-10,21H,1H3/b7-5+. The van der Waals surface area contributed by atoms with Gasteiger partial charge in [0.1, 0.15) is 11.3 Å². The molecule has 0 unspecified atom stereocenters. The molecule has 1 heterocycles. The Bertz CT molecular complexity index is 890. The van der Waals surface area contributed by atoms with Crippen LogP contribution in [0.1, 0.15) is 21.5 Å². The van der Waals surface area contributed by atoms with Crippen molar-refractivity contribution in [2.24, 2.45) is 0 Å². The zero-order valence-corrected chi connectivity index (χ0v) is 13.4. The quantitative estimate of drug-likeness (QED) is 0.524. The summed E-state index contributed by atoms with van der Waals surface area (Å²) in [5.41, 5.74) is 2.55. The zero-order valence-electron chi connectivity index (χ0n) is 11.8. The summed E-state index contributed by atoms with van der Waals surface area (Å²) in [6, 6.07) is 10.9. The summed E-state index contributed by atoms with van der Waals surface area (Å²) in [6.07, 6.45) is 4.74. The van der Waals surface area contributed by atoms with Crippen molar-refractivity contribution >= 4 is 38.8 Å². The van der Waals surface area contributed by atoms with Crippen LogP contribution >= 0.6 is 15.9 Å². The molecular formula is C18H13BrO3. The van der Waals surface area contributed by atoms with E-state index in [2.05, 4.69) is 15.9 Å². The lowest BCUT2D eigenvalue weighted by Crippen LogP contribution is -1.95. The van der Waals surface area contributed by atoms with E-state index >= 15 is 0 Å². The number of carbonyl (C=O) groups excluding carboxylic acids is 1. The number of carbonyl (C=O) groups is 1. The molecule has 0 bridgehead atoms. The molecule has 0 amide bonds. The number of hydrogen-bond donors (Lipinski definition) is 1. The first-order chi connectivity index (χ1) is 10.6. The van der Waals surface area contributed by atoms with Crippen LogP contribution in [0.15, 0.2) is 57.6 Å². The molecule has 110 valence electrons. The van der Waals surface area contributed by atoms with Crippen molar-refractivity contribution in [3.8, 4) is 5.75 Å². The number of fused-ring (bicyclic) bond motifs is 1. The Morgan fingerprint density at radius 2 is 2.09 bits per heavy atom. The van der Waals surface area contributed by atoms with E-state index in [1.807, 2.05) is 31.2 Å². The lowest BCUT2D eigenvalue weighted by molar-refractivity contribution is 0.104. The van der Waals surface area contributed by atoms with Gasteiger partial charge in [0.05, 0.1) is 17.2 Å². The second-order valence-corrected chi connectivity index (χ2v) is 5.92. The highest BCUT2D eigenvalue weighted by Gasteiger charge is 2.15. The molecule has 3 nitrogen and oxygen atoms in total. The molecule has 0 radical (unpaired) electrons. The molecule has 0 aliphatic rings. The fourth-order valence-electron chi connectivity index (χ4n) is 2.33. The molecule has 0 atom stereocenters. The largest absolute Gasteiger partial charge is 0.506 e. The molecule has 0 fully saturated rings. The monoisotopic (exact) mass is 356 g/mol. The maximum atomic E-state index is 12.3. The Morgan fingerprint density at radius 3 is 2.86 bits per heavy atom. The number of hydrogen-bond acceptors (Lipinski definition) is 3.